The van der Waals surface area contributed by atoms with Crippen LogP contribution in [0.3, 0.4) is 0 Å². The quantitative estimate of drug-likeness (QED) is 0.421. The fourth-order valence-corrected chi connectivity index (χ4v) is 3.07. The summed E-state index contributed by atoms with van der Waals surface area (Å²) in [5.41, 5.74) is 7.09. The van der Waals surface area contributed by atoms with E-state index in [-0.39, 0.29) is 35.5 Å². The molecule has 1 atom stereocenters. The Morgan fingerprint density at radius 3 is 2.91 bits per heavy atom. The van der Waals surface area contributed by atoms with Crippen LogP contribution in [0.1, 0.15) is 44.3 Å². The summed E-state index contributed by atoms with van der Waals surface area (Å²) in [5, 5.41) is 6.45. The van der Waals surface area contributed by atoms with Crippen LogP contribution in [0.5, 0.6) is 0 Å². The van der Waals surface area contributed by atoms with Crippen molar-refractivity contribution in [3.8, 4) is 0 Å². The molecule has 1 fully saturated rings. The van der Waals surface area contributed by atoms with Crippen LogP contribution in [0.15, 0.2) is 10.4 Å². The smallest absolute Gasteiger partial charge is 0.188 e. The number of hydrogen-bond donors (Lipinski definition) is 2. The zero-order chi connectivity index (χ0) is 15.3. The molecule has 1 saturated heterocycles. The molecule has 0 aromatic carbocycles. The van der Waals surface area contributed by atoms with E-state index < -0.39 is 0 Å². The Hall–Kier alpha value is -0.410. The Balaban J connectivity index is 0.00000242. The summed E-state index contributed by atoms with van der Waals surface area (Å²) in [6, 6.07) is 0. The van der Waals surface area contributed by atoms with Crippen LogP contribution in [0.4, 0.5) is 0 Å². The average Bonchev–Trinajstić information content (AvgIpc) is 3.07. The van der Waals surface area contributed by atoms with Crippen molar-refractivity contribution in [2.24, 2.45) is 10.7 Å². The lowest BCUT2D eigenvalue weighted by molar-refractivity contribution is 0.118. The van der Waals surface area contributed by atoms with E-state index >= 15 is 0 Å². The van der Waals surface area contributed by atoms with Crippen molar-refractivity contribution >= 4 is 41.3 Å². The summed E-state index contributed by atoms with van der Waals surface area (Å²) in [7, 11) is 0. The number of thiazole rings is 1. The fraction of sp³-hybridized carbons (Fsp3) is 0.733. The second kappa shape index (κ2) is 9.02. The molecule has 126 valence electrons. The zero-order valence-electron chi connectivity index (χ0n) is 13.6. The highest BCUT2D eigenvalue weighted by molar-refractivity contribution is 14.0. The van der Waals surface area contributed by atoms with E-state index in [0.29, 0.717) is 12.5 Å². The van der Waals surface area contributed by atoms with Gasteiger partial charge in [0.05, 0.1) is 23.4 Å². The SMILES string of the molecule is CC(C)(C)c1nc(CCNC(N)=NCC2CCCO2)cs1.I. The summed E-state index contributed by atoms with van der Waals surface area (Å²) >= 11 is 1.73. The van der Waals surface area contributed by atoms with Crippen molar-refractivity contribution in [1.29, 1.82) is 0 Å². The number of ether oxygens (including phenoxy) is 1. The molecule has 0 radical (unpaired) electrons. The number of nitrogens with one attached hydrogen (secondary N) is 1. The van der Waals surface area contributed by atoms with Crippen molar-refractivity contribution in [2.75, 3.05) is 19.7 Å². The summed E-state index contributed by atoms with van der Waals surface area (Å²) in [6.07, 6.45) is 3.33. The van der Waals surface area contributed by atoms with Gasteiger partial charge in [0.1, 0.15) is 0 Å². The molecule has 1 aliphatic rings. The van der Waals surface area contributed by atoms with Crippen LogP contribution >= 0.6 is 35.3 Å². The molecule has 0 saturated carbocycles. The maximum atomic E-state index is 5.86. The number of hydrogen-bond acceptors (Lipinski definition) is 4. The van der Waals surface area contributed by atoms with Crippen molar-refractivity contribution in [2.45, 2.75) is 51.6 Å². The van der Waals surface area contributed by atoms with E-state index in [2.05, 4.69) is 41.4 Å². The largest absolute Gasteiger partial charge is 0.376 e. The van der Waals surface area contributed by atoms with E-state index in [0.717, 1.165) is 38.1 Å². The van der Waals surface area contributed by atoms with Gasteiger partial charge in [-0.25, -0.2) is 4.98 Å². The highest BCUT2D eigenvalue weighted by atomic mass is 127. The van der Waals surface area contributed by atoms with Gasteiger partial charge in [-0.2, -0.15) is 0 Å². The highest BCUT2D eigenvalue weighted by Crippen LogP contribution is 2.25. The minimum Gasteiger partial charge on any atom is -0.376 e. The molecule has 7 heteroatoms. The average molecular weight is 438 g/mol. The minimum atomic E-state index is 0. The summed E-state index contributed by atoms with van der Waals surface area (Å²) in [5.74, 6) is 0.497. The molecule has 0 amide bonds. The molecule has 3 N–H and O–H groups in total. The lowest BCUT2D eigenvalue weighted by atomic mass is 9.98. The molecule has 1 unspecified atom stereocenters. The first-order valence-electron chi connectivity index (χ1n) is 7.55. The molecule has 1 aromatic rings. The van der Waals surface area contributed by atoms with Gasteiger partial charge in [-0.15, -0.1) is 35.3 Å². The van der Waals surface area contributed by atoms with Crippen LogP contribution in [0.25, 0.3) is 0 Å². The third-order valence-electron chi connectivity index (χ3n) is 3.37. The van der Waals surface area contributed by atoms with Gasteiger partial charge in [0.15, 0.2) is 5.96 Å². The van der Waals surface area contributed by atoms with E-state index in [1.807, 2.05) is 0 Å². The number of nitrogens with zero attached hydrogens (tertiary/aromatic N) is 2. The van der Waals surface area contributed by atoms with Crippen LogP contribution < -0.4 is 11.1 Å². The second-order valence-corrected chi connectivity index (χ2v) is 7.29. The zero-order valence-corrected chi connectivity index (χ0v) is 16.7. The van der Waals surface area contributed by atoms with Gasteiger partial charge < -0.3 is 15.8 Å². The highest BCUT2D eigenvalue weighted by Gasteiger charge is 2.17. The Morgan fingerprint density at radius 1 is 1.55 bits per heavy atom. The van der Waals surface area contributed by atoms with Crippen LogP contribution in [0.2, 0.25) is 0 Å². The molecule has 2 rings (SSSR count). The maximum absolute atomic E-state index is 5.86. The Morgan fingerprint density at radius 2 is 2.32 bits per heavy atom. The predicted molar refractivity (Wildman–Crippen MR) is 103 cm³/mol. The Kier molecular flexibility index (Phi) is 8.06. The lowest BCUT2D eigenvalue weighted by Crippen LogP contribution is -2.34. The summed E-state index contributed by atoms with van der Waals surface area (Å²) < 4.78 is 5.51. The number of guanidine groups is 1. The van der Waals surface area contributed by atoms with E-state index in [1.54, 1.807) is 11.3 Å². The van der Waals surface area contributed by atoms with Crippen molar-refractivity contribution < 1.29 is 4.74 Å². The number of halogens is 1. The van der Waals surface area contributed by atoms with E-state index in [1.165, 1.54) is 5.01 Å². The van der Waals surface area contributed by atoms with Crippen molar-refractivity contribution in [3.63, 3.8) is 0 Å². The standard InChI is InChI=1S/C15H26N4OS.HI/c1-15(2,3)13-19-11(10-21-13)6-7-17-14(16)18-9-12-5-4-8-20-12;/h10,12H,4-9H2,1-3H3,(H3,16,17,18);1H. The molecule has 5 nitrogen and oxygen atoms in total. The normalized spacial score (nSPS) is 19.0. The topological polar surface area (TPSA) is 72.5 Å². The Labute approximate surface area is 154 Å². The molecule has 22 heavy (non-hydrogen) atoms. The Bertz CT molecular complexity index is 478. The third-order valence-corrected chi connectivity index (χ3v) is 4.69. The van der Waals surface area contributed by atoms with Gasteiger partial charge in [0, 0.05) is 30.4 Å². The molecule has 1 aromatic heterocycles. The molecule has 0 bridgehead atoms. The summed E-state index contributed by atoms with van der Waals surface area (Å²) in [6.45, 7) is 8.82. The number of rotatable bonds is 5. The maximum Gasteiger partial charge on any atom is 0.188 e. The van der Waals surface area contributed by atoms with Gasteiger partial charge in [-0.3, -0.25) is 4.99 Å². The number of aromatic nitrogens is 1. The van der Waals surface area contributed by atoms with Crippen molar-refractivity contribution in [3.05, 3.63) is 16.1 Å². The van der Waals surface area contributed by atoms with E-state index in [9.17, 15) is 0 Å². The number of nitrogens with two attached hydrogens (primary N) is 1. The van der Waals surface area contributed by atoms with Crippen LogP contribution in [-0.2, 0) is 16.6 Å². The minimum absolute atomic E-state index is 0. The first-order valence-corrected chi connectivity index (χ1v) is 8.43. The fourth-order valence-electron chi connectivity index (χ4n) is 2.13. The van der Waals surface area contributed by atoms with Crippen LogP contribution in [0, 0.1) is 0 Å². The summed E-state index contributed by atoms with van der Waals surface area (Å²) in [4.78, 5) is 8.99. The molecular formula is C15H27IN4OS. The molecule has 1 aliphatic heterocycles. The van der Waals surface area contributed by atoms with Gasteiger partial charge in [0.25, 0.3) is 0 Å². The first-order chi connectivity index (χ1) is 9.95. The van der Waals surface area contributed by atoms with Gasteiger partial charge in [-0.1, -0.05) is 20.8 Å². The molecule has 0 spiro atoms. The monoisotopic (exact) mass is 438 g/mol. The van der Waals surface area contributed by atoms with Crippen molar-refractivity contribution in [1.82, 2.24) is 10.3 Å². The third kappa shape index (κ3) is 6.37. The molecular weight excluding hydrogens is 411 g/mol. The van der Waals surface area contributed by atoms with Gasteiger partial charge in [-0.05, 0) is 12.8 Å². The lowest BCUT2D eigenvalue weighted by Gasteiger charge is -2.13. The van der Waals surface area contributed by atoms with E-state index in [4.69, 9.17) is 10.5 Å². The van der Waals surface area contributed by atoms with Gasteiger partial charge in [0.2, 0.25) is 0 Å². The predicted octanol–water partition coefficient (Wildman–Crippen LogP) is 2.68. The number of aliphatic imine (C=N–C) groups is 1. The molecule has 2 heterocycles. The molecule has 0 aliphatic carbocycles. The second-order valence-electron chi connectivity index (χ2n) is 6.43. The first kappa shape index (κ1) is 19.6. The van der Waals surface area contributed by atoms with Crippen LogP contribution in [-0.4, -0.2) is 36.7 Å². The van der Waals surface area contributed by atoms with Gasteiger partial charge >= 0.3 is 0 Å².